The quantitative estimate of drug-likeness (QED) is 0.760. The predicted octanol–water partition coefficient (Wildman–Crippen LogP) is 1.71. The lowest BCUT2D eigenvalue weighted by molar-refractivity contribution is -0.107. The molecule has 1 aromatic carbocycles. The molecule has 1 aliphatic heterocycles. The summed E-state index contributed by atoms with van der Waals surface area (Å²) < 4.78 is 14.0. The van der Waals surface area contributed by atoms with E-state index in [0.717, 1.165) is 38.0 Å². The van der Waals surface area contributed by atoms with Crippen LogP contribution < -0.4 is 4.90 Å². The summed E-state index contributed by atoms with van der Waals surface area (Å²) in [7, 11) is 2.08. The molecule has 0 radical (unpaired) electrons. The number of benzene rings is 1. The van der Waals surface area contributed by atoms with Crippen LogP contribution in [-0.2, 0) is 11.2 Å². The third-order valence-electron chi connectivity index (χ3n) is 3.41. The van der Waals surface area contributed by atoms with E-state index in [4.69, 9.17) is 0 Å². The van der Waals surface area contributed by atoms with Gasteiger partial charge < -0.3 is 14.6 Å². The third kappa shape index (κ3) is 3.07. The molecule has 0 saturated carbocycles. The molecule has 0 amide bonds. The van der Waals surface area contributed by atoms with Crippen molar-refractivity contribution in [2.45, 2.75) is 12.8 Å². The number of carbonyl (C=O) groups is 1. The van der Waals surface area contributed by atoms with E-state index in [1.54, 1.807) is 6.07 Å². The van der Waals surface area contributed by atoms with Gasteiger partial charge in [-0.05, 0) is 31.2 Å². The van der Waals surface area contributed by atoms with Gasteiger partial charge in [-0.3, -0.25) is 0 Å². The molecule has 0 bridgehead atoms. The first-order valence-corrected chi connectivity index (χ1v) is 6.36. The summed E-state index contributed by atoms with van der Waals surface area (Å²) in [4.78, 5) is 14.6. The molecule has 1 heterocycles. The van der Waals surface area contributed by atoms with Crippen LogP contribution in [0.5, 0.6) is 0 Å². The van der Waals surface area contributed by atoms with Crippen molar-refractivity contribution >= 4 is 12.0 Å². The summed E-state index contributed by atoms with van der Waals surface area (Å²) in [5.74, 6) is -0.178. The predicted molar refractivity (Wildman–Crippen MR) is 70.5 cm³/mol. The minimum atomic E-state index is -0.178. The molecular weight excluding hydrogens is 231 g/mol. The van der Waals surface area contributed by atoms with E-state index >= 15 is 0 Å². The van der Waals surface area contributed by atoms with Crippen molar-refractivity contribution in [2.75, 3.05) is 38.1 Å². The minimum absolute atomic E-state index is 0.178. The molecule has 2 rings (SSSR count). The van der Waals surface area contributed by atoms with Crippen LogP contribution in [0.3, 0.4) is 0 Å². The monoisotopic (exact) mass is 250 g/mol. The zero-order valence-electron chi connectivity index (χ0n) is 10.7. The first kappa shape index (κ1) is 13.0. The van der Waals surface area contributed by atoms with Gasteiger partial charge in [-0.2, -0.15) is 0 Å². The number of hydrogen-bond acceptors (Lipinski definition) is 3. The maximum Gasteiger partial charge on any atom is 0.146 e. The molecule has 1 aromatic rings. The maximum absolute atomic E-state index is 14.0. The van der Waals surface area contributed by atoms with Crippen molar-refractivity contribution < 1.29 is 9.18 Å². The lowest BCUT2D eigenvalue weighted by Crippen LogP contribution is -2.44. The number of piperazine rings is 1. The standard InChI is InChI=1S/C14H19FN2O/c1-16-6-8-17(9-7-16)14-5-4-12(3-2-10-18)11-13(14)15/h4-5,10-11H,2-3,6-9H2,1H3. The Balaban J connectivity index is 2.07. The number of rotatable bonds is 4. The average Bonchev–Trinajstić information content (AvgIpc) is 2.38. The summed E-state index contributed by atoms with van der Waals surface area (Å²) in [6.45, 7) is 3.65. The molecule has 18 heavy (non-hydrogen) atoms. The second kappa shape index (κ2) is 5.96. The van der Waals surface area contributed by atoms with Crippen molar-refractivity contribution in [3.8, 4) is 0 Å². The highest BCUT2D eigenvalue weighted by atomic mass is 19.1. The van der Waals surface area contributed by atoms with Crippen molar-refractivity contribution in [3.63, 3.8) is 0 Å². The van der Waals surface area contributed by atoms with E-state index in [0.29, 0.717) is 18.5 Å². The Labute approximate surface area is 107 Å². The average molecular weight is 250 g/mol. The Bertz CT molecular complexity index is 414. The molecule has 1 aliphatic rings. The number of aldehydes is 1. The van der Waals surface area contributed by atoms with Crippen LogP contribution >= 0.6 is 0 Å². The summed E-state index contributed by atoms with van der Waals surface area (Å²) in [5.41, 5.74) is 1.57. The Morgan fingerprint density at radius 3 is 2.61 bits per heavy atom. The van der Waals surface area contributed by atoms with Gasteiger partial charge >= 0.3 is 0 Å². The van der Waals surface area contributed by atoms with Crippen LogP contribution in [0.25, 0.3) is 0 Å². The minimum Gasteiger partial charge on any atom is -0.367 e. The van der Waals surface area contributed by atoms with Crippen molar-refractivity contribution in [3.05, 3.63) is 29.6 Å². The topological polar surface area (TPSA) is 23.6 Å². The number of hydrogen-bond donors (Lipinski definition) is 0. The first-order valence-electron chi connectivity index (χ1n) is 6.36. The second-order valence-corrected chi connectivity index (χ2v) is 4.78. The van der Waals surface area contributed by atoms with Gasteiger partial charge in [-0.1, -0.05) is 6.07 Å². The molecule has 0 N–H and O–H groups in total. The van der Waals surface area contributed by atoms with Crippen LogP contribution in [0.15, 0.2) is 18.2 Å². The highest BCUT2D eigenvalue weighted by Crippen LogP contribution is 2.22. The Kier molecular flexibility index (Phi) is 4.31. The van der Waals surface area contributed by atoms with Crippen LogP contribution in [0, 0.1) is 5.82 Å². The van der Waals surface area contributed by atoms with Gasteiger partial charge in [0.05, 0.1) is 5.69 Å². The van der Waals surface area contributed by atoms with Gasteiger partial charge in [0.25, 0.3) is 0 Å². The lowest BCUT2D eigenvalue weighted by atomic mass is 10.1. The molecule has 3 nitrogen and oxygen atoms in total. The number of carbonyl (C=O) groups excluding carboxylic acids is 1. The Morgan fingerprint density at radius 2 is 2.00 bits per heavy atom. The second-order valence-electron chi connectivity index (χ2n) is 4.78. The number of halogens is 1. The zero-order valence-corrected chi connectivity index (χ0v) is 10.7. The van der Waals surface area contributed by atoms with E-state index in [9.17, 15) is 9.18 Å². The zero-order chi connectivity index (χ0) is 13.0. The number of anilines is 1. The summed E-state index contributed by atoms with van der Waals surface area (Å²) in [5, 5.41) is 0. The van der Waals surface area contributed by atoms with E-state index in [2.05, 4.69) is 16.8 Å². The first-order chi connectivity index (χ1) is 8.70. The smallest absolute Gasteiger partial charge is 0.146 e. The molecule has 1 saturated heterocycles. The van der Waals surface area contributed by atoms with E-state index < -0.39 is 0 Å². The fourth-order valence-corrected chi connectivity index (χ4v) is 2.24. The highest BCUT2D eigenvalue weighted by molar-refractivity contribution is 5.52. The third-order valence-corrected chi connectivity index (χ3v) is 3.41. The van der Waals surface area contributed by atoms with Crippen molar-refractivity contribution in [1.82, 2.24) is 4.90 Å². The van der Waals surface area contributed by atoms with Crippen LogP contribution in [0.1, 0.15) is 12.0 Å². The molecule has 98 valence electrons. The number of nitrogens with zero attached hydrogens (tertiary/aromatic N) is 2. The molecule has 4 heteroatoms. The van der Waals surface area contributed by atoms with Gasteiger partial charge in [0.2, 0.25) is 0 Å². The number of likely N-dealkylation sites (N-methyl/N-ethyl adjacent to an activating group) is 1. The summed E-state index contributed by atoms with van der Waals surface area (Å²) in [6.07, 6.45) is 1.93. The Hall–Kier alpha value is -1.42. The summed E-state index contributed by atoms with van der Waals surface area (Å²) in [6, 6.07) is 5.30. The van der Waals surface area contributed by atoms with Gasteiger partial charge in [0.15, 0.2) is 0 Å². The van der Waals surface area contributed by atoms with Crippen LogP contribution in [0.4, 0.5) is 10.1 Å². The van der Waals surface area contributed by atoms with Gasteiger partial charge in [-0.15, -0.1) is 0 Å². The van der Waals surface area contributed by atoms with Crippen LogP contribution in [-0.4, -0.2) is 44.4 Å². The largest absolute Gasteiger partial charge is 0.367 e. The summed E-state index contributed by atoms with van der Waals surface area (Å²) >= 11 is 0. The van der Waals surface area contributed by atoms with E-state index in [1.165, 1.54) is 0 Å². The molecule has 0 spiro atoms. The molecule has 0 aromatic heterocycles. The normalized spacial score (nSPS) is 16.9. The fourth-order valence-electron chi connectivity index (χ4n) is 2.24. The SMILES string of the molecule is CN1CCN(c2ccc(CCC=O)cc2F)CC1. The Morgan fingerprint density at radius 1 is 1.28 bits per heavy atom. The molecule has 1 fully saturated rings. The van der Waals surface area contributed by atoms with Crippen molar-refractivity contribution in [1.29, 1.82) is 0 Å². The van der Waals surface area contributed by atoms with E-state index in [-0.39, 0.29) is 5.82 Å². The van der Waals surface area contributed by atoms with Gasteiger partial charge in [0, 0.05) is 32.6 Å². The van der Waals surface area contributed by atoms with Gasteiger partial charge in [-0.25, -0.2) is 4.39 Å². The maximum atomic E-state index is 14.0. The van der Waals surface area contributed by atoms with E-state index in [1.807, 2.05) is 12.1 Å². The van der Waals surface area contributed by atoms with Gasteiger partial charge in [0.1, 0.15) is 12.1 Å². The molecule has 0 aliphatic carbocycles. The molecular formula is C14H19FN2O. The molecule has 0 atom stereocenters. The van der Waals surface area contributed by atoms with Crippen molar-refractivity contribution in [2.24, 2.45) is 0 Å². The number of aryl methyl sites for hydroxylation is 1. The van der Waals surface area contributed by atoms with Crippen LogP contribution in [0.2, 0.25) is 0 Å². The fraction of sp³-hybridized carbons (Fsp3) is 0.500. The highest BCUT2D eigenvalue weighted by Gasteiger charge is 2.17. The molecule has 0 unspecified atom stereocenters. The lowest BCUT2D eigenvalue weighted by Gasteiger charge is -2.34.